The lowest BCUT2D eigenvalue weighted by Crippen LogP contribution is -2.28. The lowest BCUT2D eigenvalue weighted by Gasteiger charge is -2.15. The van der Waals surface area contributed by atoms with Gasteiger partial charge in [0.2, 0.25) is 0 Å². The number of carbonyl (C=O) groups excluding carboxylic acids is 1. The third-order valence-corrected chi connectivity index (χ3v) is 2.53. The molecule has 1 aliphatic heterocycles. The van der Waals surface area contributed by atoms with Crippen LogP contribution in [-0.2, 0) is 9.32 Å². The third-order valence-electron chi connectivity index (χ3n) is 1.68. The second kappa shape index (κ2) is 3.61. The molecule has 1 saturated heterocycles. The zero-order valence-corrected chi connectivity index (χ0v) is 7.93. The van der Waals surface area contributed by atoms with E-state index in [1.165, 1.54) is 0 Å². The van der Waals surface area contributed by atoms with Gasteiger partial charge in [-0.15, -0.1) is 0 Å². The Labute approximate surface area is 65.0 Å². The molecule has 0 amide bonds. The first-order valence-electron chi connectivity index (χ1n) is 3.17. The summed E-state index contributed by atoms with van der Waals surface area (Å²) >= 11 is 0. The molecule has 3 nitrogen and oxygen atoms in total. The molecule has 0 aromatic carbocycles. The van der Waals surface area contributed by atoms with Gasteiger partial charge in [-0.05, 0) is 12.8 Å². The number of carbonyl (C=O) groups is 1. The van der Waals surface area contributed by atoms with Crippen molar-refractivity contribution in [2.24, 2.45) is 0 Å². The van der Waals surface area contributed by atoms with Crippen LogP contribution in [-0.4, -0.2) is 23.2 Å². The molecule has 2 unspecified atom stereocenters. The molecule has 0 aliphatic carbocycles. The number of hydrogen-bond acceptors (Lipinski definition) is 3. The first-order valence-corrected chi connectivity index (χ1v) is 4.16. The zero-order valence-electron chi connectivity index (χ0n) is 5.62. The van der Waals surface area contributed by atoms with E-state index in [0.29, 0.717) is 0 Å². The van der Waals surface area contributed by atoms with E-state index in [4.69, 9.17) is 0 Å². The largest absolute Gasteiger partial charge is 0.450 e. The van der Waals surface area contributed by atoms with E-state index >= 15 is 0 Å². The summed E-state index contributed by atoms with van der Waals surface area (Å²) in [5.41, 5.74) is 0. The van der Waals surface area contributed by atoms with Gasteiger partial charge >= 0.3 is 5.97 Å². The van der Waals surface area contributed by atoms with Crippen molar-refractivity contribution in [3.05, 3.63) is 0 Å². The van der Waals surface area contributed by atoms with Crippen LogP contribution in [0, 0.1) is 0 Å². The fourth-order valence-corrected chi connectivity index (χ4v) is 1.73. The lowest BCUT2D eigenvalue weighted by molar-refractivity contribution is -0.136. The summed E-state index contributed by atoms with van der Waals surface area (Å²) in [5.74, 6) is -0.155. The second-order valence-corrected chi connectivity index (χ2v) is 3.23. The molecule has 0 spiro atoms. The van der Waals surface area contributed by atoms with E-state index in [1.807, 2.05) is 14.1 Å². The van der Waals surface area contributed by atoms with Crippen LogP contribution in [0.3, 0.4) is 0 Å². The van der Waals surface area contributed by atoms with Crippen molar-refractivity contribution in [2.45, 2.75) is 18.9 Å². The molecular weight excluding hydrogens is 168 g/mol. The van der Waals surface area contributed by atoms with Gasteiger partial charge in [0.05, 0.1) is 9.47 Å². The van der Waals surface area contributed by atoms with E-state index in [2.05, 4.69) is 13.9 Å². The molecule has 58 valence electrons. The van der Waals surface area contributed by atoms with Crippen molar-refractivity contribution in [1.82, 2.24) is 4.67 Å². The molecule has 1 fully saturated rings. The van der Waals surface area contributed by atoms with Gasteiger partial charge in [0, 0.05) is 6.54 Å². The Bertz CT molecular complexity index is 142. The first-order chi connectivity index (χ1) is 4.75. The summed E-state index contributed by atoms with van der Waals surface area (Å²) in [5, 5.41) is 0. The Morgan fingerprint density at radius 1 is 1.70 bits per heavy atom. The summed E-state index contributed by atoms with van der Waals surface area (Å²) in [6.45, 7) is 0.967. The fourth-order valence-electron chi connectivity index (χ4n) is 1.12. The molecule has 5 heteroatoms. The third kappa shape index (κ3) is 1.66. The minimum absolute atomic E-state index is 0.0394. The highest BCUT2D eigenvalue weighted by atomic mass is 31.0. The molecule has 3 atom stereocenters. The summed E-state index contributed by atoms with van der Waals surface area (Å²) in [4.78, 5) is 10.9. The van der Waals surface area contributed by atoms with Gasteiger partial charge in [-0.25, -0.2) is 0 Å². The Morgan fingerprint density at radius 3 is 2.80 bits per heavy atom. The van der Waals surface area contributed by atoms with E-state index in [1.54, 1.807) is 0 Å². The molecule has 10 heavy (non-hydrogen) atoms. The van der Waals surface area contributed by atoms with Crippen LogP contribution < -0.4 is 0 Å². The maximum atomic E-state index is 10.9. The van der Waals surface area contributed by atoms with Gasteiger partial charge in [0.15, 0.2) is 0 Å². The Hall–Kier alpha value is 0.290. The van der Waals surface area contributed by atoms with Crippen molar-refractivity contribution in [2.75, 3.05) is 6.54 Å². The summed E-state index contributed by atoms with van der Waals surface area (Å²) in [6, 6.07) is -0.0394. The van der Waals surface area contributed by atoms with Crippen LogP contribution in [0.15, 0.2) is 0 Å². The van der Waals surface area contributed by atoms with Crippen LogP contribution >= 0.6 is 18.9 Å². The second-order valence-electron chi connectivity index (χ2n) is 2.33. The molecule has 0 aromatic rings. The van der Waals surface area contributed by atoms with E-state index in [9.17, 15) is 4.79 Å². The molecule has 1 rings (SSSR count). The van der Waals surface area contributed by atoms with Gasteiger partial charge in [-0.3, -0.25) is 9.46 Å². The quantitative estimate of drug-likeness (QED) is 0.551. The molecule has 0 bridgehead atoms. The molecule has 0 radical (unpaired) electrons. The summed E-state index contributed by atoms with van der Waals surface area (Å²) < 4.78 is 6.46. The average Bonchev–Trinajstić information content (AvgIpc) is 2.34. The predicted octanol–water partition coefficient (Wildman–Crippen LogP) is 0.574. The normalized spacial score (nSPS) is 26.8. The van der Waals surface area contributed by atoms with Crippen LogP contribution in [0.5, 0.6) is 0 Å². The summed E-state index contributed by atoms with van der Waals surface area (Å²) in [7, 11) is 4.51. The minimum atomic E-state index is -0.155. The average molecular weight is 179 g/mol. The first kappa shape index (κ1) is 8.39. The van der Waals surface area contributed by atoms with Crippen LogP contribution in [0.2, 0.25) is 0 Å². The lowest BCUT2D eigenvalue weighted by atomic mass is 10.2. The van der Waals surface area contributed by atoms with Gasteiger partial charge in [-0.2, -0.15) is 0 Å². The standard InChI is InChI=1S/C5H11NO2P2/c7-5(8-10)4-2-1-3-6(4)9/h4H,1-3,9-10H2/t4-/m0/s1. The van der Waals surface area contributed by atoms with Crippen LogP contribution in [0.25, 0.3) is 0 Å². The highest BCUT2D eigenvalue weighted by Crippen LogP contribution is 2.22. The van der Waals surface area contributed by atoms with Gasteiger partial charge < -0.3 is 4.52 Å². The Balaban J connectivity index is 2.46. The maximum absolute atomic E-state index is 10.9. The molecule has 1 heterocycles. The van der Waals surface area contributed by atoms with E-state index in [0.717, 1.165) is 19.4 Å². The van der Waals surface area contributed by atoms with Gasteiger partial charge in [-0.1, -0.05) is 9.39 Å². The highest BCUT2D eigenvalue weighted by molar-refractivity contribution is 7.13. The SMILES string of the molecule is O=C(OP)[C@@H]1CCCN1P. The molecular formula is C5H11NO2P2. The molecule has 1 aliphatic rings. The van der Waals surface area contributed by atoms with Gasteiger partial charge in [0.1, 0.15) is 6.04 Å². The highest BCUT2D eigenvalue weighted by Gasteiger charge is 2.28. The van der Waals surface area contributed by atoms with Crippen LogP contribution in [0.4, 0.5) is 0 Å². The minimum Gasteiger partial charge on any atom is -0.450 e. The van der Waals surface area contributed by atoms with Crippen molar-refractivity contribution in [1.29, 1.82) is 0 Å². The fraction of sp³-hybridized carbons (Fsp3) is 0.800. The Morgan fingerprint density at radius 2 is 2.40 bits per heavy atom. The van der Waals surface area contributed by atoms with Crippen molar-refractivity contribution < 1.29 is 9.32 Å². The number of rotatable bonds is 1. The van der Waals surface area contributed by atoms with Crippen molar-refractivity contribution in [3.63, 3.8) is 0 Å². The zero-order chi connectivity index (χ0) is 7.56. The van der Waals surface area contributed by atoms with Crippen molar-refractivity contribution >= 4 is 24.8 Å². The molecule has 0 N–H and O–H groups in total. The van der Waals surface area contributed by atoms with Crippen molar-refractivity contribution in [3.8, 4) is 0 Å². The van der Waals surface area contributed by atoms with Crippen LogP contribution in [0.1, 0.15) is 12.8 Å². The predicted molar refractivity (Wildman–Crippen MR) is 45.2 cm³/mol. The van der Waals surface area contributed by atoms with E-state index in [-0.39, 0.29) is 12.0 Å². The molecule has 0 aromatic heterocycles. The topological polar surface area (TPSA) is 29.5 Å². The molecule has 0 saturated carbocycles. The number of nitrogens with zero attached hydrogens (tertiary/aromatic N) is 1. The maximum Gasteiger partial charge on any atom is 0.325 e. The summed E-state index contributed by atoms with van der Waals surface area (Å²) in [6.07, 6.45) is 1.99. The van der Waals surface area contributed by atoms with Gasteiger partial charge in [0.25, 0.3) is 0 Å². The van der Waals surface area contributed by atoms with E-state index < -0.39 is 0 Å². The monoisotopic (exact) mass is 179 g/mol. The Kier molecular flexibility index (Phi) is 3.03. The smallest absolute Gasteiger partial charge is 0.325 e. The number of hydrogen-bond donors (Lipinski definition) is 0.